The lowest BCUT2D eigenvalue weighted by Gasteiger charge is -2.11. The number of imidazole rings is 1. The van der Waals surface area contributed by atoms with Crippen LogP contribution in [0.15, 0.2) is 47.3 Å². The van der Waals surface area contributed by atoms with E-state index in [0.29, 0.717) is 11.4 Å². The van der Waals surface area contributed by atoms with Crippen molar-refractivity contribution in [2.24, 2.45) is 7.05 Å². The Morgan fingerprint density at radius 2 is 1.88 bits per heavy atom. The van der Waals surface area contributed by atoms with Gasteiger partial charge in [-0.1, -0.05) is 18.2 Å². The van der Waals surface area contributed by atoms with E-state index in [4.69, 9.17) is 4.74 Å². The Kier molecular flexibility index (Phi) is 4.12. The van der Waals surface area contributed by atoms with Crippen LogP contribution in [-0.4, -0.2) is 22.2 Å². The number of anilines is 1. The van der Waals surface area contributed by atoms with E-state index in [9.17, 15) is 9.59 Å². The summed E-state index contributed by atoms with van der Waals surface area (Å²) >= 11 is 0. The highest BCUT2D eigenvalue weighted by molar-refractivity contribution is 5.93. The lowest BCUT2D eigenvalue weighted by molar-refractivity contribution is -0.116. The van der Waals surface area contributed by atoms with E-state index >= 15 is 0 Å². The van der Waals surface area contributed by atoms with E-state index in [0.717, 1.165) is 16.6 Å². The summed E-state index contributed by atoms with van der Waals surface area (Å²) in [6.07, 6.45) is 0. The number of rotatable bonds is 4. The first-order chi connectivity index (χ1) is 11.5. The first-order valence-corrected chi connectivity index (χ1v) is 7.60. The molecule has 1 N–H and O–H groups in total. The maximum atomic E-state index is 12.4. The van der Waals surface area contributed by atoms with Crippen LogP contribution in [0.25, 0.3) is 11.0 Å². The van der Waals surface area contributed by atoms with Gasteiger partial charge in [0, 0.05) is 7.05 Å². The van der Waals surface area contributed by atoms with E-state index in [1.807, 2.05) is 43.3 Å². The van der Waals surface area contributed by atoms with Crippen LogP contribution < -0.4 is 15.7 Å². The van der Waals surface area contributed by atoms with E-state index in [2.05, 4.69) is 5.32 Å². The van der Waals surface area contributed by atoms with Gasteiger partial charge in [0.1, 0.15) is 12.3 Å². The molecule has 24 heavy (non-hydrogen) atoms. The topological polar surface area (TPSA) is 65.3 Å². The van der Waals surface area contributed by atoms with Gasteiger partial charge in [-0.15, -0.1) is 0 Å². The van der Waals surface area contributed by atoms with Gasteiger partial charge < -0.3 is 10.1 Å². The molecule has 6 nitrogen and oxygen atoms in total. The number of aromatic nitrogens is 2. The van der Waals surface area contributed by atoms with Gasteiger partial charge in [-0.2, -0.15) is 0 Å². The number of carbonyl (C=O) groups is 1. The van der Waals surface area contributed by atoms with Crippen LogP contribution >= 0.6 is 0 Å². The summed E-state index contributed by atoms with van der Waals surface area (Å²) in [7, 11) is 3.25. The van der Waals surface area contributed by atoms with Crippen molar-refractivity contribution in [1.29, 1.82) is 0 Å². The van der Waals surface area contributed by atoms with Crippen LogP contribution in [0, 0.1) is 6.92 Å². The largest absolute Gasteiger partial charge is 0.495 e. The fourth-order valence-corrected chi connectivity index (χ4v) is 2.77. The van der Waals surface area contributed by atoms with Crippen molar-refractivity contribution in [1.82, 2.24) is 9.13 Å². The maximum absolute atomic E-state index is 12.4. The Morgan fingerprint density at radius 1 is 1.17 bits per heavy atom. The van der Waals surface area contributed by atoms with Crippen molar-refractivity contribution in [3.05, 3.63) is 58.5 Å². The van der Waals surface area contributed by atoms with Crippen LogP contribution in [0.5, 0.6) is 5.75 Å². The van der Waals surface area contributed by atoms with E-state index in [1.165, 1.54) is 9.13 Å². The number of methoxy groups -OCH3 is 1. The van der Waals surface area contributed by atoms with Crippen LogP contribution in [0.2, 0.25) is 0 Å². The van der Waals surface area contributed by atoms with Crippen LogP contribution in [0.3, 0.4) is 0 Å². The Bertz CT molecular complexity index is 969. The molecule has 6 heteroatoms. The number of aryl methyl sites for hydroxylation is 2. The van der Waals surface area contributed by atoms with Crippen molar-refractivity contribution in [3.8, 4) is 5.75 Å². The number of para-hydroxylation sites is 2. The summed E-state index contributed by atoms with van der Waals surface area (Å²) in [5, 5.41) is 2.82. The van der Waals surface area contributed by atoms with Crippen molar-refractivity contribution in [2.45, 2.75) is 13.5 Å². The van der Waals surface area contributed by atoms with E-state index < -0.39 is 0 Å². The summed E-state index contributed by atoms with van der Waals surface area (Å²) in [5.74, 6) is 0.302. The lowest BCUT2D eigenvalue weighted by atomic mass is 10.2. The quantitative estimate of drug-likeness (QED) is 0.800. The Labute approximate surface area is 139 Å². The summed E-state index contributed by atoms with van der Waals surface area (Å²) in [4.78, 5) is 24.8. The van der Waals surface area contributed by atoms with Gasteiger partial charge in [-0.05, 0) is 36.8 Å². The number of fused-ring (bicyclic) bond motifs is 1. The first-order valence-electron chi connectivity index (χ1n) is 7.60. The molecule has 0 spiro atoms. The highest BCUT2D eigenvalue weighted by Gasteiger charge is 2.14. The zero-order chi connectivity index (χ0) is 17.3. The molecule has 0 aliphatic heterocycles. The summed E-state index contributed by atoms with van der Waals surface area (Å²) in [6, 6.07) is 12.9. The molecule has 0 atom stereocenters. The standard InChI is InChI=1S/C18H19N3O3/c1-12-8-9-16(24-3)13(10-12)19-17(22)11-21-15-7-5-4-6-14(15)20(2)18(21)23/h4-10H,11H2,1-3H3,(H,19,22). The van der Waals surface area contributed by atoms with Crippen LogP contribution in [0.4, 0.5) is 5.69 Å². The van der Waals surface area contributed by atoms with Gasteiger partial charge in [-0.25, -0.2) is 4.79 Å². The third-order valence-corrected chi connectivity index (χ3v) is 3.98. The predicted octanol–water partition coefficient (Wildman–Crippen LogP) is 2.30. The molecule has 0 saturated heterocycles. The van der Waals surface area contributed by atoms with Gasteiger partial charge in [0.25, 0.3) is 0 Å². The van der Waals surface area contributed by atoms with Gasteiger partial charge >= 0.3 is 5.69 Å². The molecule has 0 fully saturated rings. The number of nitrogens with zero attached hydrogens (tertiary/aromatic N) is 2. The molecule has 0 aliphatic rings. The number of carbonyl (C=O) groups excluding carboxylic acids is 1. The Balaban J connectivity index is 1.90. The molecule has 0 radical (unpaired) electrons. The summed E-state index contributed by atoms with van der Waals surface area (Å²) in [5.41, 5.74) is 2.91. The minimum Gasteiger partial charge on any atom is -0.495 e. The van der Waals surface area contributed by atoms with Crippen molar-refractivity contribution >= 4 is 22.6 Å². The molecule has 1 aromatic heterocycles. The number of hydrogen-bond donors (Lipinski definition) is 1. The molecule has 1 amide bonds. The fourth-order valence-electron chi connectivity index (χ4n) is 2.77. The van der Waals surface area contributed by atoms with Gasteiger partial charge in [-0.3, -0.25) is 13.9 Å². The van der Waals surface area contributed by atoms with Crippen LogP contribution in [-0.2, 0) is 18.4 Å². The number of hydrogen-bond acceptors (Lipinski definition) is 3. The van der Waals surface area contributed by atoms with Crippen molar-refractivity contribution in [3.63, 3.8) is 0 Å². The molecule has 2 aromatic carbocycles. The Hall–Kier alpha value is -3.02. The molecule has 1 heterocycles. The van der Waals surface area contributed by atoms with E-state index in [-0.39, 0.29) is 18.1 Å². The molecule has 3 aromatic rings. The highest BCUT2D eigenvalue weighted by Crippen LogP contribution is 2.25. The summed E-state index contributed by atoms with van der Waals surface area (Å²) < 4.78 is 8.26. The SMILES string of the molecule is COc1ccc(C)cc1NC(=O)Cn1c(=O)n(C)c2ccccc21. The first kappa shape index (κ1) is 15.9. The second-order valence-corrected chi connectivity index (χ2v) is 5.67. The van der Waals surface area contributed by atoms with Crippen LogP contribution in [0.1, 0.15) is 5.56 Å². The maximum Gasteiger partial charge on any atom is 0.329 e. The summed E-state index contributed by atoms with van der Waals surface area (Å²) in [6.45, 7) is 1.88. The third-order valence-electron chi connectivity index (χ3n) is 3.98. The monoisotopic (exact) mass is 325 g/mol. The average molecular weight is 325 g/mol. The predicted molar refractivity (Wildman–Crippen MR) is 93.5 cm³/mol. The molecular weight excluding hydrogens is 306 g/mol. The molecular formula is C18H19N3O3. The molecule has 124 valence electrons. The molecule has 3 rings (SSSR count). The smallest absolute Gasteiger partial charge is 0.329 e. The number of nitrogens with one attached hydrogen (secondary N) is 1. The minimum absolute atomic E-state index is 0.0583. The number of ether oxygens (including phenoxy) is 1. The van der Waals surface area contributed by atoms with Crippen molar-refractivity contribution in [2.75, 3.05) is 12.4 Å². The average Bonchev–Trinajstić information content (AvgIpc) is 2.80. The minimum atomic E-state index is -0.280. The number of amides is 1. The molecule has 0 bridgehead atoms. The lowest BCUT2D eigenvalue weighted by Crippen LogP contribution is -2.28. The third kappa shape index (κ3) is 2.78. The van der Waals surface area contributed by atoms with Crippen molar-refractivity contribution < 1.29 is 9.53 Å². The normalized spacial score (nSPS) is 10.8. The molecule has 0 aliphatic carbocycles. The number of benzene rings is 2. The second-order valence-electron chi connectivity index (χ2n) is 5.67. The Morgan fingerprint density at radius 3 is 2.58 bits per heavy atom. The highest BCUT2D eigenvalue weighted by atomic mass is 16.5. The zero-order valence-corrected chi connectivity index (χ0v) is 13.9. The van der Waals surface area contributed by atoms with Gasteiger partial charge in [0.05, 0.1) is 23.8 Å². The fraction of sp³-hybridized carbons (Fsp3) is 0.222. The van der Waals surface area contributed by atoms with Gasteiger partial charge in [0.15, 0.2) is 0 Å². The molecule has 0 saturated carbocycles. The van der Waals surface area contributed by atoms with Gasteiger partial charge in [0.2, 0.25) is 5.91 Å². The zero-order valence-electron chi connectivity index (χ0n) is 13.9. The van der Waals surface area contributed by atoms with E-state index in [1.54, 1.807) is 20.2 Å². The second kappa shape index (κ2) is 6.23. The molecule has 0 unspecified atom stereocenters.